The molecule has 0 aromatic heterocycles. The number of hydrogen-bond acceptors (Lipinski definition) is 2. The molecular weight excluding hydrogens is 224 g/mol. The van der Waals surface area contributed by atoms with E-state index in [0.717, 1.165) is 0 Å². The van der Waals surface area contributed by atoms with Gasteiger partial charge in [0.2, 0.25) is 0 Å². The van der Waals surface area contributed by atoms with Crippen molar-refractivity contribution in [3.05, 3.63) is 29.8 Å². The largest absolute Gasteiger partial charge is 0.494 e. The van der Waals surface area contributed by atoms with Crippen molar-refractivity contribution in [2.75, 3.05) is 6.61 Å². The molecule has 0 aliphatic carbocycles. The molecule has 0 heterocycles. The van der Waals surface area contributed by atoms with Crippen molar-refractivity contribution in [3.8, 4) is 5.75 Å². The van der Waals surface area contributed by atoms with Crippen LogP contribution < -0.4 is 10.5 Å². The lowest BCUT2D eigenvalue weighted by atomic mass is 10.1. The zero-order valence-electron chi connectivity index (χ0n) is 8.32. The van der Waals surface area contributed by atoms with Crippen LogP contribution >= 0.6 is 12.4 Å². The monoisotopic (exact) mass is 237 g/mol. The molecular formula is C10H14ClF2NO. The number of halogens is 3. The minimum Gasteiger partial charge on any atom is -0.494 e. The summed E-state index contributed by atoms with van der Waals surface area (Å²) < 4.78 is 29.9. The maximum Gasteiger partial charge on any atom is 0.257 e. The highest BCUT2D eigenvalue weighted by Crippen LogP contribution is 2.27. The average Bonchev–Trinajstić information content (AvgIpc) is 2.18. The summed E-state index contributed by atoms with van der Waals surface area (Å²) in [4.78, 5) is 0. The Kier molecular flexibility index (Phi) is 6.20. The fourth-order valence-electron chi connectivity index (χ4n) is 1.18. The Morgan fingerprint density at radius 3 is 2.47 bits per heavy atom. The Bertz CT molecular complexity index is 297. The zero-order chi connectivity index (χ0) is 10.6. The highest BCUT2D eigenvalue weighted by atomic mass is 35.5. The Morgan fingerprint density at radius 2 is 1.93 bits per heavy atom. The van der Waals surface area contributed by atoms with Gasteiger partial charge >= 0.3 is 0 Å². The lowest BCUT2D eigenvalue weighted by Gasteiger charge is -2.15. The minimum absolute atomic E-state index is 0. The minimum atomic E-state index is -2.57. The summed E-state index contributed by atoms with van der Waals surface area (Å²) in [6, 6.07) is 5.31. The number of alkyl halides is 2. The third-order valence-corrected chi connectivity index (χ3v) is 1.85. The van der Waals surface area contributed by atoms with E-state index in [1.807, 2.05) is 0 Å². The van der Waals surface area contributed by atoms with Crippen molar-refractivity contribution >= 4 is 12.4 Å². The summed E-state index contributed by atoms with van der Waals surface area (Å²) in [5.41, 5.74) is 5.69. The van der Waals surface area contributed by atoms with Crippen LogP contribution in [0.2, 0.25) is 0 Å². The molecule has 2 nitrogen and oxygen atoms in total. The molecule has 0 radical (unpaired) electrons. The molecule has 1 aromatic rings. The normalized spacial score (nSPS) is 12.1. The molecule has 0 saturated heterocycles. The summed E-state index contributed by atoms with van der Waals surface area (Å²) in [6.45, 7) is 2.23. The van der Waals surface area contributed by atoms with Crippen LogP contribution in [-0.2, 0) is 0 Å². The van der Waals surface area contributed by atoms with E-state index in [1.54, 1.807) is 31.2 Å². The molecule has 15 heavy (non-hydrogen) atoms. The standard InChI is InChI=1S/C10H13F2NO.ClH/c1-2-14-8-6-4-3-5-7(8)9(13)10(11)12;/h3-6,9-10H,2,13H2,1H3;1H/t9-;/m1./s1. The smallest absolute Gasteiger partial charge is 0.257 e. The molecule has 1 atom stereocenters. The first kappa shape index (κ1) is 14.1. The number of hydrogen-bond donors (Lipinski definition) is 1. The van der Waals surface area contributed by atoms with E-state index in [2.05, 4.69) is 0 Å². The first-order valence-electron chi connectivity index (χ1n) is 4.42. The van der Waals surface area contributed by atoms with Crippen LogP contribution in [0.4, 0.5) is 8.78 Å². The van der Waals surface area contributed by atoms with Crippen molar-refractivity contribution < 1.29 is 13.5 Å². The third-order valence-electron chi connectivity index (χ3n) is 1.85. The summed E-state index contributed by atoms with van der Waals surface area (Å²) in [7, 11) is 0. The van der Waals surface area contributed by atoms with Crippen LogP contribution in [0.25, 0.3) is 0 Å². The zero-order valence-corrected chi connectivity index (χ0v) is 9.14. The van der Waals surface area contributed by atoms with Crippen LogP contribution in [0.5, 0.6) is 5.75 Å². The topological polar surface area (TPSA) is 35.2 Å². The van der Waals surface area contributed by atoms with Gasteiger partial charge in [0.25, 0.3) is 6.43 Å². The molecule has 0 bridgehead atoms. The number of ether oxygens (including phenoxy) is 1. The fraction of sp³-hybridized carbons (Fsp3) is 0.400. The van der Waals surface area contributed by atoms with Gasteiger partial charge in [0, 0.05) is 5.56 Å². The highest BCUT2D eigenvalue weighted by molar-refractivity contribution is 5.85. The first-order valence-corrected chi connectivity index (χ1v) is 4.42. The molecule has 0 saturated carbocycles. The summed E-state index contributed by atoms with van der Waals surface area (Å²) >= 11 is 0. The first-order chi connectivity index (χ1) is 6.66. The van der Waals surface area contributed by atoms with Gasteiger partial charge in [-0.25, -0.2) is 8.78 Å². The molecule has 1 rings (SSSR count). The van der Waals surface area contributed by atoms with E-state index in [4.69, 9.17) is 10.5 Å². The predicted molar refractivity (Wildman–Crippen MR) is 57.8 cm³/mol. The van der Waals surface area contributed by atoms with Gasteiger partial charge in [-0.05, 0) is 13.0 Å². The number of para-hydroxylation sites is 1. The quantitative estimate of drug-likeness (QED) is 0.874. The lowest BCUT2D eigenvalue weighted by molar-refractivity contribution is 0.114. The molecule has 0 amide bonds. The van der Waals surface area contributed by atoms with Crippen LogP contribution in [0.1, 0.15) is 18.5 Å². The fourth-order valence-corrected chi connectivity index (χ4v) is 1.18. The Morgan fingerprint density at radius 1 is 1.33 bits per heavy atom. The Hall–Kier alpha value is -0.870. The maximum absolute atomic E-state index is 12.4. The van der Waals surface area contributed by atoms with Crippen LogP contribution in [0.3, 0.4) is 0 Å². The van der Waals surface area contributed by atoms with E-state index < -0.39 is 12.5 Å². The maximum atomic E-state index is 12.4. The van der Waals surface area contributed by atoms with Gasteiger partial charge in [-0.2, -0.15) is 0 Å². The van der Waals surface area contributed by atoms with Crippen LogP contribution in [0.15, 0.2) is 24.3 Å². The second kappa shape index (κ2) is 6.58. The van der Waals surface area contributed by atoms with Crippen molar-refractivity contribution in [1.29, 1.82) is 0 Å². The second-order valence-electron chi connectivity index (χ2n) is 2.83. The number of nitrogens with two attached hydrogens (primary N) is 1. The van der Waals surface area contributed by atoms with Crippen LogP contribution in [-0.4, -0.2) is 13.0 Å². The van der Waals surface area contributed by atoms with Gasteiger partial charge in [0.15, 0.2) is 0 Å². The van der Waals surface area contributed by atoms with Crippen LogP contribution in [0, 0.1) is 0 Å². The van der Waals surface area contributed by atoms with Crippen molar-refractivity contribution in [2.45, 2.75) is 19.4 Å². The molecule has 5 heteroatoms. The SMILES string of the molecule is CCOc1ccccc1[C@@H](N)C(F)F.Cl. The molecule has 0 aliphatic rings. The van der Waals surface area contributed by atoms with E-state index in [9.17, 15) is 8.78 Å². The molecule has 1 aromatic carbocycles. The number of rotatable bonds is 4. The Balaban J connectivity index is 0.00000196. The number of benzene rings is 1. The van der Waals surface area contributed by atoms with E-state index in [0.29, 0.717) is 17.9 Å². The van der Waals surface area contributed by atoms with Gasteiger partial charge in [-0.1, -0.05) is 18.2 Å². The third kappa shape index (κ3) is 3.64. The van der Waals surface area contributed by atoms with E-state index in [-0.39, 0.29) is 12.4 Å². The van der Waals surface area contributed by atoms with E-state index >= 15 is 0 Å². The summed E-state index contributed by atoms with van der Waals surface area (Å²) in [5.74, 6) is 0.433. The predicted octanol–water partition coefficient (Wildman–Crippen LogP) is 2.77. The van der Waals surface area contributed by atoms with Gasteiger partial charge in [0.1, 0.15) is 5.75 Å². The van der Waals surface area contributed by atoms with Gasteiger partial charge in [-0.15, -0.1) is 12.4 Å². The van der Waals surface area contributed by atoms with Crippen molar-refractivity contribution in [2.24, 2.45) is 5.73 Å². The molecule has 2 N–H and O–H groups in total. The average molecular weight is 238 g/mol. The molecule has 86 valence electrons. The summed E-state index contributed by atoms with van der Waals surface area (Å²) in [5, 5.41) is 0. The molecule has 0 fully saturated rings. The van der Waals surface area contributed by atoms with Crippen molar-refractivity contribution in [1.82, 2.24) is 0 Å². The molecule has 0 aliphatic heterocycles. The van der Waals surface area contributed by atoms with Gasteiger partial charge in [0.05, 0.1) is 12.6 Å². The summed E-state index contributed by atoms with van der Waals surface area (Å²) in [6.07, 6.45) is -2.57. The second-order valence-corrected chi connectivity index (χ2v) is 2.83. The molecule has 0 spiro atoms. The molecule has 0 unspecified atom stereocenters. The lowest BCUT2D eigenvalue weighted by Crippen LogP contribution is -2.19. The van der Waals surface area contributed by atoms with Crippen molar-refractivity contribution in [3.63, 3.8) is 0 Å². The Labute approximate surface area is 93.8 Å². The van der Waals surface area contributed by atoms with Gasteiger partial charge in [-0.3, -0.25) is 0 Å². The highest BCUT2D eigenvalue weighted by Gasteiger charge is 2.20. The van der Waals surface area contributed by atoms with E-state index in [1.165, 1.54) is 0 Å². The van der Waals surface area contributed by atoms with Gasteiger partial charge < -0.3 is 10.5 Å².